The fourth-order valence-corrected chi connectivity index (χ4v) is 5.32. The van der Waals surface area contributed by atoms with Crippen LogP contribution in [-0.2, 0) is 11.3 Å². The van der Waals surface area contributed by atoms with E-state index in [9.17, 15) is 41.0 Å². The second kappa shape index (κ2) is 10.9. The summed E-state index contributed by atoms with van der Waals surface area (Å²) in [5, 5.41) is 14.1. The molecule has 1 spiro atoms. The fraction of sp³-hybridized carbons (Fsp3) is 0.577. The molecule has 2 aliphatic heterocycles. The third-order valence-corrected chi connectivity index (χ3v) is 7.53. The van der Waals surface area contributed by atoms with Gasteiger partial charge < -0.3 is 14.7 Å². The van der Waals surface area contributed by atoms with E-state index in [2.05, 4.69) is 9.64 Å². The van der Waals surface area contributed by atoms with Crippen LogP contribution in [0.25, 0.3) is 11.3 Å². The van der Waals surface area contributed by atoms with Crippen LogP contribution < -0.4 is 0 Å². The van der Waals surface area contributed by atoms with Crippen LogP contribution in [0.2, 0.25) is 0 Å². The van der Waals surface area contributed by atoms with E-state index in [1.54, 1.807) is 18.2 Å². The van der Waals surface area contributed by atoms with Crippen LogP contribution in [0, 0.1) is 5.41 Å². The number of hydrogen-bond acceptors (Lipinski definition) is 5. The fourth-order valence-electron chi connectivity index (χ4n) is 5.32. The van der Waals surface area contributed by atoms with Gasteiger partial charge in [-0.15, -0.1) is 0 Å². The van der Waals surface area contributed by atoms with Gasteiger partial charge in [0, 0.05) is 49.5 Å². The van der Waals surface area contributed by atoms with Gasteiger partial charge in [0.15, 0.2) is 0 Å². The number of carboxylic acid groups (broad SMARTS) is 1. The molecule has 1 aromatic heterocycles. The van der Waals surface area contributed by atoms with E-state index in [0.717, 1.165) is 16.9 Å². The smallest absolute Gasteiger partial charge is 0.434 e. The normalized spacial score (nSPS) is 18.2. The number of ether oxygens (including phenoxy) is 1. The van der Waals surface area contributed by atoms with Crippen LogP contribution in [-0.4, -0.2) is 81.4 Å². The molecule has 0 aliphatic carbocycles. The number of carbonyl (C=O) groups is 2. The lowest BCUT2D eigenvalue weighted by atomic mass is 9.78. The third-order valence-electron chi connectivity index (χ3n) is 7.53. The van der Waals surface area contributed by atoms with Crippen molar-refractivity contribution in [3.63, 3.8) is 0 Å². The highest BCUT2D eigenvalue weighted by atomic mass is 19.4. The van der Waals surface area contributed by atoms with E-state index in [4.69, 9.17) is 5.10 Å². The van der Waals surface area contributed by atoms with Gasteiger partial charge in [0.2, 0.25) is 0 Å². The molecule has 3 heterocycles. The molecule has 2 aliphatic rings. The number of nitrogens with zero attached hydrogens (tertiary/aromatic N) is 4. The molecule has 0 atom stereocenters. The number of carbonyl (C=O) groups excluding carboxylic acids is 1. The first kappa shape index (κ1) is 29.7. The highest BCUT2D eigenvalue weighted by Crippen LogP contribution is 2.42. The summed E-state index contributed by atoms with van der Waals surface area (Å²) in [6.07, 6.45) is -13.8. The summed E-state index contributed by atoms with van der Waals surface area (Å²) in [4.78, 5) is 26.7. The standard InChI is InChI=1S/C26H30F6N4O4/c1-16(2)36-14-19(20(33-36)17-4-3-5-18(12-17)21(37)38)13-34-9-6-24(15-34)7-10-35(11-8-24)23(39)40-22(25(27,28)29)26(30,31)32/h3-5,12,14,16,22H,6-11,13,15H2,1-2H3,(H,37,38). The van der Waals surface area contributed by atoms with Crippen molar-refractivity contribution in [1.82, 2.24) is 19.6 Å². The zero-order valence-corrected chi connectivity index (χ0v) is 21.9. The van der Waals surface area contributed by atoms with Gasteiger partial charge in [-0.1, -0.05) is 12.1 Å². The first-order chi connectivity index (χ1) is 18.6. The highest BCUT2D eigenvalue weighted by Gasteiger charge is 2.60. The van der Waals surface area contributed by atoms with Crippen LogP contribution >= 0.6 is 0 Å². The van der Waals surface area contributed by atoms with Crippen LogP contribution in [0.1, 0.15) is 55.1 Å². The number of carboxylic acids is 1. The van der Waals surface area contributed by atoms with Crippen molar-refractivity contribution in [1.29, 1.82) is 0 Å². The maximum atomic E-state index is 12.8. The maximum Gasteiger partial charge on any atom is 0.434 e. The maximum absolute atomic E-state index is 12.8. The number of piperidine rings is 1. The van der Waals surface area contributed by atoms with E-state index in [-0.39, 0.29) is 30.1 Å². The Kier molecular flexibility index (Phi) is 8.12. The number of aromatic nitrogens is 2. The Morgan fingerprint density at radius 1 is 1.05 bits per heavy atom. The molecular weight excluding hydrogens is 546 g/mol. The van der Waals surface area contributed by atoms with Crippen LogP contribution in [0.3, 0.4) is 0 Å². The lowest BCUT2D eigenvalue weighted by Crippen LogP contribution is -2.50. The molecule has 2 saturated heterocycles. The Balaban J connectivity index is 1.42. The SMILES string of the molecule is CC(C)n1cc(CN2CCC3(CCN(C(=O)OC(C(F)(F)F)C(F)(F)F)CC3)C2)c(-c2cccc(C(=O)O)c2)n1. The van der Waals surface area contributed by atoms with E-state index in [1.807, 2.05) is 24.7 Å². The zero-order chi connectivity index (χ0) is 29.5. The predicted octanol–water partition coefficient (Wildman–Crippen LogP) is 5.75. The minimum atomic E-state index is -5.76. The number of alkyl halides is 6. The summed E-state index contributed by atoms with van der Waals surface area (Å²) in [7, 11) is 0. The first-order valence-corrected chi connectivity index (χ1v) is 12.8. The largest absolute Gasteiger partial charge is 0.478 e. The Labute approximate surface area is 226 Å². The molecule has 0 unspecified atom stereocenters. The monoisotopic (exact) mass is 576 g/mol. The number of likely N-dealkylation sites (tertiary alicyclic amines) is 2. The van der Waals surface area contributed by atoms with Gasteiger partial charge in [-0.3, -0.25) is 9.58 Å². The van der Waals surface area contributed by atoms with Crippen molar-refractivity contribution in [2.24, 2.45) is 5.41 Å². The molecule has 1 N–H and O–H groups in total. The number of rotatable bonds is 6. The molecule has 0 saturated carbocycles. The zero-order valence-electron chi connectivity index (χ0n) is 21.9. The van der Waals surface area contributed by atoms with Gasteiger partial charge in [-0.05, 0) is 57.2 Å². The average molecular weight is 577 g/mol. The molecule has 40 heavy (non-hydrogen) atoms. The molecule has 2 fully saturated rings. The number of aromatic carboxylic acids is 1. The molecule has 14 heteroatoms. The Morgan fingerprint density at radius 2 is 1.68 bits per heavy atom. The molecule has 2 aromatic rings. The van der Waals surface area contributed by atoms with E-state index >= 15 is 0 Å². The second-order valence-corrected chi connectivity index (χ2v) is 10.8. The highest BCUT2D eigenvalue weighted by molar-refractivity contribution is 5.89. The minimum Gasteiger partial charge on any atom is -0.478 e. The van der Waals surface area contributed by atoms with Gasteiger partial charge in [-0.2, -0.15) is 31.4 Å². The van der Waals surface area contributed by atoms with E-state index in [0.29, 0.717) is 43.7 Å². The Morgan fingerprint density at radius 3 is 2.25 bits per heavy atom. The van der Waals surface area contributed by atoms with Crippen LogP contribution in [0.15, 0.2) is 30.5 Å². The first-order valence-electron chi connectivity index (χ1n) is 12.8. The second-order valence-electron chi connectivity index (χ2n) is 10.8. The molecule has 0 radical (unpaired) electrons. The summed E-state index contributed by atoms with van der Waals surface area (Å²) >= 11 is 0. The molecule has 0 bridgehead atoms. The van der Waals surface area contributed by atoms with Crippen molar-refractivity contribution in [3.05, 3.63) is 41.6 Å². The summed E-state index contributed by atoms with van der Waals surface area (Å²) in [6.45, 7) is 5.79. The average Bonchev–Trinajstić information content (AvgIpc) is 3.46. The molecule has 1 amide bonds. The van der Waals surface area contributed by atoms with Gasteiger partial charge in [-0.25, -0.2) is 9.59 Å². The predicted molar refractivity (Wildman–Crippen MR) is 131 cm³/mol. The molecule has 8 nitrogen and oxygen atoms in total. The van der Waals surface area contributed by atoms with Gasteiger partial charge in [0.1, 0.15) is 0 Å². The Bertz CT molecular complexity index is 1220. The van der Waals surface area contributed by atoms with Gasteiger partial charge >= 0.3 is 24.4 Å². The van der Waals surface area contributed by atoms with Crippen molar-refractivity contribution in [3.8, 4) is 11.3 Å². The van der Waals surface area contributed by atoms with E-state index < -0.39 is 30.5 Å². The van der Waals surface area contributed by atoms with Crippen molar-refractivity contribution in [2.45, 2.75) is 64.2 Å². The Hall–Kier alpha value is -3.29. The minimum absolute atomic E-state index is 0.00633. The van der Waals surface area contributed by atoms with E-state index in [1.165, 1.54) is 6.07 Å². The van der Waals surface area contributed by atoms with Gasteiger partial charge in [0.05, 0.1) is 11.3 Å². The third kappa shape index (κ3) is 6.53. The van der Waals surface area contributed by atoms with Crippen molar-refractivity contribution in [2.75, 3.05) is 26.2 Å². The molecule has 220 valence electrons. The summed E-state index contributed by atoms with van der Waals surface area (Å²) in [6, 6.07) is 6.60. The topological polar surface area (TPSA) is 87.9 Å². The number of hydrogen-bond donors (Lipinski definition) is 1. The molecular formula is C26H30F6N4O4. The summed E-state index contributed by atoms with van der Waals surface area (Å²) in [5.41, 5.74) is 2.15. The number of amides is 1. The van der Waals surface area contributed by atoms with Crippen molar-refractivity contribution >= 4 is 12.1 Å². The van der Waals surface area contributed by atoms with Crippen molar-refractivity contribution < 1.29 is 45.8 Å². The quantitative estimate of drug-likeness (QED) is 0.441. The summed E-state index contributed by atoms with van der Waals surface area (Å²) < 4.78 is 82.4. The number of halogens is 6. The van der Waals surface area contributed by atoms with Gasteiger partial charge in [0.25, 0.3) is 6.10 Å². The summed E-state index contributed by atoms with van der Waals surface area (Å²) in [5.74, 6) is -1.05. The number of benzene rings is 1. The van der Waals surface area contributed by atoms with Crippen LogP contribution in [0.4, 0.5) is 31.1 Å². The molecule has 1 aromatic carbocycles. The lowest BCUT2D eigenvalue weighted by Gasteiger charge is -2.39. The lowest BCUT2D eigenvalue weighted by molar-refractivity contribution is -0.308. The van der Waals surface area contributed by atoms with Crippen LogP contribution in [0.5, 0.6) is 0 Å². The molecule has 4 rings (SSSR count).